The lowest BCUT2D eigenvalue weighted by Gasteiger charge is -2.37. The average Bonchev–Trinajstić information content (AvgIpc) is 3.18. The second-order valence-corrected chi connectivity index (χ2v) is 8.66. The summed E-state index contributed by atoms with van der Waals surface area (Å²) in [6.07, 6.45) is 17.5. The first-order valence-electron chi connectivity index (χ1n) is 11.0. The Balaban J connectivity index is 1.45. The fourth-order valence-corrected chi connectivity index (χ4v) is 4.61. The summed E-state index contributed by atoms with van der Waals surface area (Å²) in [5, 5.41) is 0.560. The Labute approximate surface area is 193 Å². The van der Waals surface area contributed by atoms with Gasteiger partial charge in [-0.2, -0.15) is 0 Å². The summed E-state index contributed by atoms with van der Waals surface area (Å²) < 4.78 is 1.91. The number of pyridine rings is 1. The second-order valence-electron chi connectivity index (χ2n) is 8.26. The number of piperazine rings is 1. The zero-order chi connectivity index (χ0) is 22.2. The molecule has 0 N–H and O–H groups in total. The highest BCUT2D eigenvalue weighted by Gasteiger charge is 2.23. The van der Waals surface area contributed by atoms with Gasteiger partial charge in [-0.3, -0.25) is 9.69 Å². The molecule has 5 rings (SSSR count). The number of carbonyl (C=O) groups excluding carboxylic acids is 1. The lowest BCUT2D eigenvalue weighted by molar-refractivity contribution is -0.122. The van der Waals surface area contributed by atoms with E-state index < -0.39 is 0 Å². The number of amides is 1. The number of hydrogen-bond acceptors (Lipinski definition) is 4. The first-order chi connectivity index (χ1) is 15.5. The molecule has 1 fully saturated rings. The van der Waals surface area contributed by atoms with Crippen LogP contribution in [-0.2, 0) is 4.79 Å². The molecule has 164 valence electrons. The van der Waals surface area contributed by atoms with Gasteiger partial charge in [-0.1, -0.05) is 30.7 Å². The van der Waals surface area contributed by atoms with E-state index in [-0.39, 0.29) is 5.91 Å². The van der Waals surface area contributed by atoms with E-state index in [4.69, 9.17) is 11.6 Å². The van der Waals surface area contributed by atoms with E-state index >= 15 is 0 Å². The SMILES string of the molecule is CCN1CCN(C2=CN3C(=O)\C=C(c4cc(Cl)c5nc(C)cn5c4)/C=C/C=C/3C=C2)CC1. The van der Waals surface area contributed by atoms with Crippen molar-refractivity contribution >= 4 is 28.7 Å². The first-order valence-corrected chi connectivity index (χ1v) is 11.4. The van der Waals surface area contributed by atoms with Gasteiger partial charge in [-0.05, 0) is 43.3 Å². The summed E-state index contributed by atoms with van der Waals surface area (Å²) in [5.74, 6) is -0.0809. The highest BCUT2D eigenvalue weighted by Crippen LogP contribution is 2.28. The molecule has 0 atom stereocenters. The third-order valence-electron chi connectivity index (χ3n) is 6.17. The van der Waals surface area contributed by atoms with Crippen molar-refractivity contribution in [2.24, 2.45) is 0 Å². The predicted octanol–water partition coefficient (Wildman–Crippen LogP) is 4.01. The quantitative estimate of drug-likeness (QED) is 0.713. The van der Waals surface area contributed by atoms with Gasteiger partial charge in [0.05, 0.1) is 16.4 Å². The molecule has 0 spiro atoms. The molecule has 0 radical (unpaired) electrons. The molecule has 3 aliphatic rings. The van der Waals surface area contributed by atoms with Crippen molar-refractivity contribution in [3.8, 4) is 0 Å². The minimum atomic E-state index is -0.0809. The minimum absolute atomic E-state index is 0.0809. The van der Waals surface area contributed by atoms with Crippen LogP contribution in [0, 0.1) is 6.92 Å². The van der Waals surface area contributed by atoms with E-state index in [0.29, 0.717) is 10.7 Å². The number of fused-ring (bicyclic) bond motifs is 2. The largest absolute Gasteiger partial charge is 0.368 e. The van der Waals surface area contributed by atoms with Crippen LogP contribution in [0.5, 0.6) is 0 Å². The Hall–Kier alpha value is -3.09. The van der Waals surface area contributed by atoms with Crippen molar-refractivity contribution in [1.29, 1.82) is 0 Å². The van der Waals surface area contributed by atoms with Gasteiger partial charge in [0.25, 0.3) is 5.91 Å². The van der Waals surface area contributed by atoms with Crippen LogP contribution in [0.15, 0.2) is 72.5 Å². The van der Waals surface area contributed by atoms with Crippen molar-refractivity contribution in [2.45, 2.75) is 13.8 Å². The molecule has 0 aliphatic carbocycles. The topological polar surface area (TPSA) is 44.1 Å². The van der Waals surface area contributed by atoms with Gasteiger partial charge in [0.15, 0.2) is 5.65 Å². The Morgan fingerprint density at radius 1 is 1.06 bits per heavy atom. The molecule has 3 aliphatic heterocycles. The molecule has 0 unspecified atom stereocenters. The zero-order valence-corrected chi connectivity index (χ0v) is 19.1. The summed E-state index contributed by atoms with van der Waals surface area (Å²) in [6, 6.07) is 1.86. The fourth-order valence-electron chi connectivity index (χ4n) is 4.35. The van der Waals surface area contributed by atoms with E-state index in [1.807, 2.05) is 60.3 Å². The number of nitrogens with zero attached hydrogens (tertiary/aromatic N) is 5. The number of aryl methyl sites for hydroxylation is 1. The molecule has 5 heterocycles. The van der Waals surface area contributed by atoms with Gasteiger partial charge in [-0.25, -0.2) is 4.98 Å². The minimum Gasteiger partial charge on any atom is -0.368 e. The summed E-state index contributed by atoms with van der Waals surface area (Å²) in [7, 11) is 0. The molecular weight excluding hydrogens is 422 g/mol. The van der Waals surface area contributed by atoms with Crippen molar-refractivity contribution in [3.63, 3.8) is 0 Å². The molecule has 1 amide bonds. The zero-order valence-electron chi connectivity index (χ0n) is 18.3. The van der Waals surface area contributed by atoms with Crippen molar-refractivity contribution in [1.82, 2.24) is 24.1 Å². The molecule has 0 aromatic carbocycles. The number of aromatic nitrogens is 2. The molecule has 2 aromatic heterocycles. The van der Waals surface area contributed by atoms with Crippen LogP contribution in [-0.4, -0.2) is 62.7 Å². The van der Waals surface area contributed by atoms with Gasteiger partial charge in [-0.15, -0.1) is 0 Å². The summed E-state index contributed by atoms with van der Waals surface area (Å²) >= 11 is 6.47. The van der Waals surface area contributed by atoms with Gasteiger partial charge < -0.3 is 14.2 Å². The second kappa shape index (κ2) is 8.45. The van der Waals surface area contributed by atoms with Crippen LogP contribution in [0.4, 0.5) is 0 Å². The Kier molecular flexibility index (Phi) is 5.49. The summed E-state index contributed by atoms with van der Waals surface area (Å²) in [4.78, 5) is 24.3. The van der Waals surface area contributed by atoms with E-state index in [0.717, 1.165) is 60.9 Å². The number of allylic oxidation sites excluding steroid dienone is 6. The van der Waals surface area contributed by atoms with Crippen LogP contribution in [0.1, 0.15) is 18.2 Å². The van der Waals surface area contributed by atoms with Gasteiger partial charge in [0.1, 0.15) is 0 Å². The molecular formula is C25H26ClN5O. The molecule has 0 bridgehead atoms. The Morgan fingerprint density at radius 3 is 2.62 bits per heavy atom. The fraction of sp³-hybridized carbons (Fsp3) is 0.280. The first kappa shape index (κ1) is 20.8. The number of rotatable bonds is 3. The average molecular weight is 448 g/mol. The van der Waals surface area contributed by atoms with E-state index in [1.165, 1.54) is 0 Å². The smallest absolute Gasteiger partial charge is 0.255 e. The molecule has 2 aromatic rings. The van der Waals surface area contributed by atoms with Gasteiger partial charge in [0, 0.05) is 62.1 Å². The van der Waals surface area contributed by atoms with Gasteiger partial charge >= 0.3 is 0 Å². The molecule has 7 heteroatoms. The highest BCUT2D eigenvalue weighted by atomic mass is 35.5. The maximum Gasteiger partial charge on any atom is 0.255 e. The van der Waals surface area contributed by atoms with Crippen LogP contribution in [0.2, 0.25) is 5.02 Å². The number of imidazole rings is 1. The summed E-state index contributed by atoms with van der Waals surface area (Å²) in [5.41, 5.74) is 5.22. The van der Waals surface area contributed by atoms with E-state index in [9.17, 15) is 4.79 Å². The lowest BCUT2D eigenvalue weighted by Crippen LogP contribution is -2.46. The number of halogens is 1. The maximum atomic E-state index is 13.3. The van der Waals surface area contributed by atoms with Crippen molar-refractivity contribution in [3.05, 3.63) is 88.8 Å². The van der Waals surface area contributed by atoms with E-state index in [2.05, 4.69) is 27.8 Å². The number of likely N-dealkylation sites (N-methyl/N-ethyl adjacent to an activating group) is 1. The predicted molar refractivity (Wildman–Crippen MR) is 128 cm³/mol. The molecule has 6 nitrogen and oxygen atoms in total. The van der Waals surface area contributed by atoms with Crippen LogP contribution in [0.3, 0.4) is 0 Å². The lowest BCUT2D eigenvalue weighted by atomic mass is 10.0. The Bertz CT molecular complexity index is 1220. The standard InChI is InChI=1S/C25H26ClN5O/c1-3-28-9-11-29(12-10-28)22-8-7-21-6-4-5-19(14-24(32)31(21)17-22)20-13-23(26)25-27-18(2)15-30(25)16-20/h4-8,13-17H,3,9-12H2,1-2H3/b5-4+,19-14+,21-6+. The van der Waals surface area contributed by atoms with Crippen LogP contribution >= 0.6 is 11.6 Å². The maximum absolute atomic E-state index is 13.3. The molecule has 0 saturated carbocycles. The molecule has 32 heavy (non-hydrogen) atoms. The van der Waals surface area contributed by atoms with Crippen LogP contribution < -0.4 is 0 Å². The summed E-state index contributed by atoms with van der Waals surface area (Å²) in [6.45, 7) is 9.23. The van der Waals surface area contributed by atoms with Crippen molar-refractivity contribution < 1.29 is 4.79 Å². The normalized spacial score (nSPS) is 23.7. The van der Waals surface area contributed by atoms with E-state index in [1.54, 1.807) is 11.0 Å². The number of hydrogen-bond donors (Lipinski definition) is 0. The Morgan fingerprint density at radius 2 is 1.84 bits per heavy atom. The van der Waals surface area contributed by atoms with Gasteiger partial charge in [0.2, 0.25) is 0 Å². The third kappa shape index (κ3) is 3.92. The van der Waals surface area contributed by atoms with Crippen molar-refractivity contribution in [2.75, 3.05) is 32.7 Å². The monoisotopic (exact) mass is 447 g/mol. The number of carbonyl (C=O) groups is 1. The third-order valence-corrected chi connectivity index (χ3v) is 6.45. The molecule has 1 saturated heterocycles. The highest BCUT2D eigenvalue weighted by molar-refractivity contribution is 6.33. The van der Waals surface area contributed by atoms with Crippen LogP contribution in [0.25, 0.3) is 11.2 Å².